The molecule has 0 amide bonds. The Morgan fingerprint density at radius 1 is 1.44 bits per heavy atom. The largest absolute Gasteiger partial charge is 0.496 e. The summed E-state index contributed by atoms with van der Waals surface area (Å²) in [6.07, 6.45) is 2.06. The van der Waals surface area contributed by atoms with Crippen LogP contribution < -0.4 is 10.5 Å². The standard InChI is InChI=1S/C12H15ClN2O/c1-8-7-15(6-5-14)12-9(13)3-4-10(16-2)11(8)12/h3-4,7H,5-6,14H2,1-2H3. The van der Waals surface area contributed by atoms with Crippen LogP contribution in [0.15, 0.2) is 18.3 Å². The number of hydrogen-bond acceptors (Lipinski definition) is 2. The Hall–Kier alpha value is -1.19. The Kier molecular flexibility index (Phi) is 3.08. The van der Waals surface area contributed by atoms with Crippen molar-refractivity contribution >= 4 is 22.5 Å². The van der Waals surface area contributed by atoms with E-state index in [4.69, 9.17) is 22.1 Å². The first kappa shape index (κ1) is 11.3. The first-order valence-corrected chi connectivity index (χ1v) is 5.58. The highest BCUT2D eigenvalue weighted by atomic mass is 35.5. The van der Waals surface area contributed by atoms with Gasteiger partial charge in [-0.05, 0) is 24.6 Å². The predicted molar refractivity (Wildman–Crippen MR) is 67.3 cm³/mol. The number of benzene rings is 1. The Labute approximate surface area is 99.7 Å². The molecule has 0 spiro atoms. The molecule has 86 valence electrons. The summed E-state index contributed by atoms with van der Waals surface area (Å²) in [7, 11) is 1.67. The minimum absolute atomic E-state index is 0.594. The summed E-state index contributed by atoms with van der Waals surface area (Å²) < 4.78 is 7.43. The minimum atomic E-state index is 0.594. The molecule has 3 nitrogen and oxygen atoms in total. The van der Waals surface area contributed by atoms with E-state index < -0.39 is 0 Å². The van der Waals surface area contributed by atoms with Crippen molar-refractivity contribution in [1.29, 1.82) is 0 Å². The maximum atomic E-state index is 6.22. The summed E-state index contributed by atoms with van der Waals surface area (Å²) in [4.78, 5) is 0. The van der Waals surface area contributed by atoms with Gasteiger partial charge < -0.3 is 15.0 Å². The van der Waals surface area contributed by atoms with Crippen LogP contribution in [0.3, 0.4) is 0 Å². The van der Waals surface area contributed by atoms with Gasteiger partial charge in [0.2, 0.25) is 0 Å². The van der Waals surface area contributed by atoms with Crippen molar-refractivity contribution in [2.75, 3.05) is 13.7 Å². The van der Waals surface area contributed by atoms with Crippen LogP contribution in [-0.4, -0.2) is 18.2 Å². The van der Waals surface area contributed by atoms with Gasteiger partial charge in [-0.15, -0.1) is 0 Å². The highest BCUT2D eigenvalue weighted by molar-refractivity contribution is 6.35. The summed E-state index contributed by atoms with van der Waals surface area (Å²) in [5.74, 6) is 0.854. The van der Waals surface area contributed by atoms with Gasteiger partial charge in [0, 0.05) is 24.7 Å². The fourth-order valence-electron chi connectivity index (χ4n) is 2.06. The molecule has 1 heterocycles. The van der Waals surface area contributed by atoms with E-state index in [0.717, 1.165) is 33.8 Å². The minimum Gasteiger partial charge on any atom is -0.496 e. The smallest absolute Gasteiger partial charge is 0.128 e. The molecule has 4 heteroatoms. The monoisotopic (exact) mass is 238 g/mol. The van der Waals surface area contributed by atoms with Gasteiger partial charge in [-0.1, -0.05) is 11.6 Å². The second kappa shape index (κ2) is 4.36. The lowest BCUT2D eigenvalue weighted by Gasteiger charge is -2.07. The molecular weight excluding hydrogens is 224 g/mol. The van der Waals surface area contributed by atoms with E-state index in [1.54, 1.807) is 7.11 Å². The van der Waals surface area contributed by atoms with Crippen molar-refractivity contribution in [2.45, 2.75) is 13.5 Å². The van der Waals surface area contributed by atoms with Gasteiger partial charge in [0.15, 0.2) is 0 Å². The number of hydrogen-bond donors (Lipinski definition) is 1. The maximum absolute atomic E-state index is 6.22. The average molecular weight is 239 g/mol. The Morgan fingerprint density at radius 2 is 2.19 bits per heavy atom. The van der Waals surface area contributed by atoms with E-state index in [2.05, 4.69) is 10.8 Å². The third kappa shape index (κ3) is 1.66. The number of aryl methyl sites for hydroxylation is 1. The molecule has 1 aromatic carbocycles. The lowest BCUT2D eigenvalue weighted by molar-refractivity contribution is 0.419. The molecule has 16 heavy (non-hydrogen) atoms. The zero-order valence-corrected chi connectivity index (χ0v) is 10.2. The third-order valence-corrected chi connectivity index (χ3v) is 3.02. The van der Waals surface area contributed by atoms with Crippen molar-refractivity contribution in [3.63, 3.8) is 0 Å². The lowest BCUT2D eigenvalue weighted by atomic mass is 10.2. The molecular formula is C12H15ClN2O. The number of nitrogens with two attached hydrogens (primary N) is 1. The number of nitrogens with zero attached hydrogens (tertiary/aromatic N) is 1. The highest BCUT2D eigenvalue weighted by Gasteiger charge is 2.13. The lowest BCUT2D eigenvalue weighted by Crippen LogP contribution is -2.08. The predicted octanol–water partition coefficient (Wildman–Crippen LogP) is 2.57. The molecule has 2 rings (SSSR count). The SMILES string of the molecule is COc1ccc(Cl)c2c1c(C)cn2CCN. The highest BCUT2D eigenvalue weighted by Crippen LogP contribution is 2.34. The molecule has 0 saturated carbocycles. The summed E-state index contributed by atoms with van der Waals surface area (Å²) >= 11 is 6.22. The quantitative estimate of drug-likeness (QED) is 0.893. The molecule has 0 atom stereocenters. The van der Waals surface area contributed by atoms with E-state index in [1.165, 1.54) is 0 Å². The number of methoxy groups -OCH3 is 1. The van der Waals surface area contributed by atoms with Crippen LogP contribution in [0.4, 0.5) is 0 Å². The third-order valence-electron chi connectivity index (χ3n) is 2.71. The van der Waals surface area contributed by atoms with Gasteiger partial charge in [0.25, 0.3) is 0 Å². The molecule has 2 aromatic rings. The average Bonchev–Trinajstić information content (AvgIpc) is 2.59. The summed E-state index contributed by atoms with van der Waals surface area (Å²) in [5.41, 5.74) is 7.75. The molecule has 0 aliphatic heterocycles. The second-order valence-corrected chi connectivity index (χ2v) is 4.17. The van der Waals surface area contributed by atoms with Crippen molar-refractivity contribution in [1.82, 2.24) is 4.57 Å². The number of ether oxygens (including phenoxy) is 1. The molecule has 0 fully saturated rings. The molecule has 0 aliphatic rings. The van der Waals surface area contributed by atoms with Crippen LogP contribution in [-0.2, 0) is 6.54 Å². The van der Waals surface area contributed by atoms with Gasteiger partial charge in [-0.3, -0.25) is 0 Å². The first-order chi connectivity index (χ1) is 7.69. The van der Waals surface area contributed by atoms with Gasteiger partial charge in [0.1, 0.15) is 5.75 Å². The Bertz CT molecular complexity index is 519. The molecule has 1 aromatic heterocycles. The normalized spacial score (nSPS) is 11.0. The van der Waals surface area contributed by atoms with Crippen molar-refractivity contribution in [2.24, 2.45) is 5.73 Å². The van der Waals surface area contributed by atoms with E-state index in [1.807, 2.05) is 19.1 Å². The molecule has 0 radical (unpaired) electrons. The first-order valence-electron chi connectivity index (χ1n) is 5.21. The fraction of sp³-hybridized carbons (Fsp3) is 0.333. The molecule has 0 unspecified atom stereocenters. The van der Waals surface area contributed by atoms with Crippen molar-refractivity contribution in [3.8, 4) is 5.75 Å². The second-order valence-electron chi connectivity index (χ2n) is 3.77. The molecule has 0 bridgehead atoms. The van der Waals surface area contributed by atoms with Crippen LogP contribution in [0.5, 0.6) is 5.75 Å². The maximum Gasteiger partial charge on any atom is 0.128 e. The number of rotatable bonds is 3. The summed E-state index contributed by atoms with van der Waals surface area (Å²) in [6, 6.07) is 3.75. The topological polar surface area (TPSA) is 40.2 Å². The Morgan fingerprint density at radius 3 is 2.81 bits per heavy atom. The zero-order valence-electron chi connectivity index (χ0n) is 9.46. The summed E-state index contributed by atoms with van der Waals surface area (Å²) in [6.45, 7) is 3.40. The number of fused-ring (bicyclic) bond motifs is 1. The van der Waals surface area contributed by atoms with Gasteiger partial charge >= 0.3 is 0 Å². The van der Waals surface area contributed by atoms with E-state index in [-0.39, 0.29) is 0 Å². The fourth-order valence-corrected chi connectivity index (χ4v) is 2.32. The molecule has 2 N–H and O–H groups in total. The number of aromatic nitrogens is 1. The van der Waals surface area contributed by atoms with Crippen molar-refractivity contribution in [3.05, 3.63) is 28.9 Å². The Balaban J connectivity index is 2.77. The van der Waals surface area contributed by atoms with E-state index >= 15 is 0 Å². The summed E-state index contributed by atoms with van der Waals surface area (Å²) in [5, 5.41) is 1.81. The van der Waals surface area contributed by atoms with Crippen LogP contribution >= 0.6 is 11.6 Å². The van der Waals surface area contributed by atoms with Crippen LogP contribution in [0, 0.1) is 6.92 Å². The van der Waals surface area contributed by atoms with E-state index in [9.17, 15) is 0 Å². The molecule has 0 aliphatic carbocycles. The van der Waals surface area contributed by atoms with E-state index in [0.29, 0.717) is 6.54 Å². The van der Waals surface area contributed by atoms with Crippen molar-refractivity contribution < 1.29 is 4.74 Å². The number of halogens is 1. The van der Waals surface area contributed by atoms with Gasteiger partial charge in [0.05, 0.1) is 17.6 Å². The van der Waals surface area contributed by atoms with Crippen LogP contribution in [0.25, 0.3) is 10.9 Å². The zero-order chi connectivity index (χ0) is 11.7. The van der Waals surface area contributed by atoms with Gasteiger partial charge in [-0.25, -0.2) is 0 Å². The van der Waals surface area contributed by atoms with Crippen LogP contribution in [0.1, 0.15) is 5.56 Å². The van der Waals surface area contributed by atoms with Gasteiger partial charge in [-0.2, -0.15) is 0 Å². The van der Waals surface area contributed by atoms with Crippen LogP contribution in [0.2, 0.25) is 5.02 Å². The molecule has 0 saturated heterocycles.